The van der Waals surface area contributed by atoms with Crippen LogP contribution >= 0.6 is 34.5 Å². The van der Waals surface area contributed by atoms with Crippen LogP contribution in [0.15, 0.2) is 54.0 Å². The molecule has 20 heavy (non-hydrogen) atoms. The van der Waals surface area contributed by atoms with Gasteiger partial charge in [-0.3, -0.25) is 0 Å². The number of pyridine rings is 1. The number of benzene rings is 1. The number of nitrogens with one attached hydrogen (secondary N) is 1. The fraction of sp³-hybridized carbons (Fsp3) is 0. The highest BCUT2D eigenvalue weighted by Gasteiger charge is 2.02. The van der Waals surface area contributed by atoms with E-state index >= 15 is 0 Å². The smallest absolute Gasteiger partial charge is 0.130 e. The molecular weight excluding hydrogens is 311 g/mol. The zero-order valence-corrected chi connectivity index (χ0v) is 12.6. The Morgan fingerprint density at radius 1 is 1.00 bits per heavy atom. The molecule has 100 valence electrons. The van der Waals surface area contributed by atoms with Gasteiger partial charge in [-0.05, 0) is 41.8 Å². The third-order valence-electron chi connectivity index (χ3n) is 2.76. The van der Waals surface area contributed by atoms with Crippen LogP contribution in [-0.4, -0.2) is 4.98 Å². The van der Waals surface area contributed by atoms with Crippen LogP contribution in [-0.2, 0) is 0 Å². The van der Waals surface area contributed by atoms with E-state index < -0.39 is 0 Å². The molecule has 0 saturated heterocycles. The van der Waals surface area contributed by atoms with Gasteiger partial charge in [0, 0.05) is 22.3 Å². The largest absolute Gasteiger partial charge is 0.340 e. The Balaban J connectivity index is 1.79. The number of hydrogen-bond acceptors (Lipinski definition) is 3. The normalized spacial score (nSPS) is 10.5. The summed E-state index contributed by atoms with van der Waals surface area (Å²) < 4.78 is 0. The summed E-state index contributed by atoms with van der Waals surface area (Å²) in [7, 11) is 0. The van der Waals surface area contributed by atoms with Crippen LogP contribution in [0, 0.1) is 0 Å². The molecule has 0 saturated carbocycles. The minimum Gasteiger partial charge on any atom is -0.340 e. The van der Waals surface area contributed by atoms with Gasteiger partial charge in [0.15, 0.2) is 0 Å². The molecule has 1 aromatic carbocycles. The van der Waals surface area contributed by atoms with Gasteiger partial charge in [0.2, 0.25) is 0 Å². The lowest BCUT2D eigenvalue weighted by Crippen LogP contribution is -1.93. The molecule has 0 aliphatic heterocycles. The van der Waals surface area contributed by atoms with Crippen LogP contribution in [0.3, 0.4) is 0 Å². The molecule has 2 nitrogen and oxygen atoms in total. The Kier molecular flexibility index (Phi) is 3.92. The summed E-state index contributed by atoms with van der Waals surface area (Å²) in [6.07, 6.45) is 1.85. The number of aromatic nitrogens is 1. The quantitative estimate of drug-likeness (QED) is 0.653. The molecule has 3 rings (SSSR count). The van der Waals surface area contributed by atoms with Gasteiger partial charge < -0.3 is 5.32 Å². The van der Waals surface area contributed by atoms with Gasteiger partial charge in [0.05, 0.1) is 10.0 Å². The summed E-state index contributed by atoms with van der Waals surface area (Å²) in [5.74, 6) is 0.767. The summed E-state index contributed by atoms with van der Waals surface area (Å²) in [4.78, 5) is 5.61. The van der Waals surface area contributed by atoms with E-state index in [1.165, 1.54) is 4.88 Å². The number of thiophene rings is 1. The van der Waals surface area contributed by atoms with Crippen molar-refractivity contribution in [2.45, 2.75) is 0 Å². The molecular formula is C15H10Cl2N2S. The lowest BCUT2D eigenvalue weighted by atomic mass is 10.2. The second kappa shape index (κ2) is 5.83. The third-order valence-corrected chi connectivity index (χ3v) is 4.42. The highest BCUT2D eigenvalue weighted by molar-refractivity contribution is 7.13. The molecule has 0 aliphatic rings. The van der Waals surface area contributed by atoms with Crippen molar-refractivity contribution in [3.8, 4) is 10.4 Å². The van der Waals surface area contributed by atoms with E-state index in [0.29, 0.717) is 10.0 Å². The number of nitrogens with zero attached hydrogens (tertiary/aromatic N) is 1. The Morgan fingerprint density at radius 2 is 1.90 bits per heavy atom. The molecule has 0 spiro atoms. The van der Waals surface area contributed by atoms with Crippen molar-refractivity contribution in [3.05, 3.63) is 64.1 Å². The first-order chi connectivity index (χ1) is 9.72. The molecule has 0 unspecified atom stereocenters. The number of halogens is 2. The van der Waals surface area contributed by atoms with Crippen LogP contribution in [0.1, 0.15) is 0 Å². The topological polar surface area (TPSA) is 24.9 Å². The SMILES string of the molecule is Clc1ccc(Nc2ccc(-c3cccs3)cn2)cc1Cl. The van der Waals surface area contributed by atoms with E-state index in [9.17, 15) is 0 Å². The van der Waals surface area contributed by atoms with Crippen molar-refractivity contribution < 1.29 is 0 Å². The molecule has 0 aliphatic carbocycles. The van der Waals surface area contributed by atoms with Crippen LogP contribution < -0.4 is 5.32 Å². The second-order valence-corrected chi connectivity index (χ2v) is 5.93. The van der Waals surface area contributed by atoms with Gasteiger partial charge in [0.1, 0.15) is 5.82 Å². The van der Waals surface area contributed by atoms with E-state index in [2.05, 4.69) is 21.7 Å². The summed E-state index contributed by atoms with van der Waals surface area (Å²) in [5.41, 5.74) is 1.97. The predicted octanol–water partition coefficient (Wildman–Crippen LogP) is 5.86. The summed E-state index contributed by atoms with van der Waals surface area (Å²) in [5, 5.41) is 6.31. The van der Waals surface area contributed by atoms with Crippen molar-refractivity contribution >= 4 is 46.0 Å². The molecule has 0 bridgehead atoms. The molecule has 0 fully saturated rings. The van der Waals surface area contributed by atoms with Crippen molar-refractivity contribution in [1.82, 2.24) is 4.98 Å². The fourth-order valence-corrected chi connectivity index (χ4v) is 2.79. The van der Waals surface area contributed by atoms with Gasteiger partial charge in [-0.1, -0.05) is 29.3 Å². The molecule has 0 amide bonds. The molecule has 2 heterocycles. The maximum Gasteiger partial charge on any atom is 0.130 e. The number of hydrogen-bond donors (Lipinski definition) is 1. The van der Waals surface area contributed by atoms with Crippen molar-refractivity contribution in [3.63, 3.8) is 0 Å². The summed E-state index contributed by atoms with van der Waals surface area (Å²) in [6.45, 7) is 0. The minimum absolute atomic E-state index is 0.520. The van der Waals surface area contributed by atoms with Gasteiger partial charge in [-0.25, -0.2) is 4.98 Å². The highest BCUT2D eigenvalue weighted by atomic mass is 35.5. The average molecular weight is 321 g/mol. The molecule has 1 N–H and O–H groups in total. The summed E-state index contributed by atoms with van der Waals surface area (Å²) in [6, 6.07) is 13.5. The molecule has 3 aromatic rings. The predicted molar refractivity (Wildman–Crippen MR) is 87.3 cm³/mol. The Labute approximate surface area is 131 Å². The minimum atomic E-state index is 0.520. The van der Waals surface area contributed by atoms with E-state index in [-0.39, 0.29) is 0 Å². The Hall–Kier alpha value is -1.55. The number of rotatable bonds is 3. The van der Waals surface area contributed by atoms with Crippen LogP contribution in [0.5, 0.6) is 0 Å². The van der Waals surface area contributed by atoms with E-state index in [0.717, 1.165) is 17.1 Å². The summed E-state index contributed by atoms with van der Waals surface area (Å²) >= 11 is 13.6. The standard InChI is InChI=1S/C15H10Cl2N2S/c16-12-5-4-11(8-13(12)17)19-15-6-3-10(9-18-15)14-2-1-7-20-14/h1-9H,(H,18,19). The maximum absolute atomic E-state index is 5.98. The van der Waals surface area contributed by atoms with Gasteiger partial charge >= 0.3 is 0 Å². The van der Waals surface area contributed by atoms with Gasteiger partial charge in [-0.15, -0.1) is 11.3 Å². The lowest BCUT2D eigenvalue weighted by molar-refractivity contribution is 1.31. The molecule has 2 aromatic heterocycles. The number of anilines is 2. The van der Waals surface area contributed by atoms with Crippen molar-refractivity contribution in [2.75, 3.05) is 5.32 Å². The maximum atomic E-state index is 5.98. The van der Waals surface area contributed by atoms with E-state index in [1.54, 1.807) is 23.5 Å². The van der Waals surface area contributed by atoms with E-state index in [1.807, 2.05) is 30.5 Å². The lowest BCUT2D eigenvalue weighted by Gasteiger charge is -2.07. The molecule has 0 atom stereocenters. The first-order valence-electron chi connectivity index (χ1n) is 5.94. The van der Waals surface area contributed by atoms with Gasteiger partial charge in [-0.2, -0.15) is 0 Å². The fourth-order valence-electron chi connectivity index (χ4n) is 1.78. The third kappa shape index (κ3) is 2.96. The first-order valence-corrected chi connectivity index (χ1v) is 7.58. The van der Waals surface area contributed by atoms with Crippen molar-refractivity contribution in [1.29, 1.82) is 0 Å². The second-order valence-electron chi connectivity index (χ2n) is 4.16. The Morgan fingerprint density at radius 3 is 2.55 bits per heavy atom. The van der Waals surface area contributed by atoms with Crippen LogP contribution in [0.2, 0.25) is 10.0 Å². The molecule has 5 heteroatoms. The van der Waals surface area contributed by atoms with Crippen molar-refractivity contribution in [2.24, 2.45) is 0 Å². The molecule has 0 radical (unpaired) electrons. The van der Waals surface area contributed by atoms with E-state index in [4.69, 9.17) is 23.2 Å². The zero-order valence-electron chi connectivity index (χ0n) is 10.3. The zero-order chi connectivity index (χ0) is 13.9. The van der Waals surface area contributed by atoms with Crippen LogP contribution in [0.25, 0.3) is 10.4 Å². The monoisotopic (exact) mass is 320 g/mol. The van der Waals surface area contributed by atoms with Crippen LogP contribution in [0.4, 0.5) is 11.5 Å². The first kappa shape index (κ1) is 13.4. The Bertz CT molecular complexity index is 709. The van der Waals surface area contributed by atoms with Gasteiger partial charge in [0.25, 0.3) is 0 Å². The average Bonchev–Trinajstić information content (AvgIpc) is 2.98. The highest BCUT2D eigenvalue weighted by Crippen LogP contribution is 2.28.